The highest BCUT2D eigenvalue weighted by atomic mass is 79.9. The van der Waals surface area contributed by atoms with Gasteiger partial charge < -0.3 is 17.0 Å². The maximum atomic E-state index is 4.74. The highest BCUT2D eigenvalue weighted by molar-refractivity contribution is 7.13. The molecule has 104 valence electrons. The Balaban J connectivity index is 0.00000180. The number of nitrogens with zero attached hydrogens (tertiary/aromatic N) is 2. The van der Waals surface area contributed by atoms with E-state index in [0.29, 0.717) is 0 Å². The summed E-state index contributed by atoms with van der Waals surface area (Å²) in [6, 6.07) is 4.21. The average Bonchev–Trinajstić information content (AvgIpc) is 2.78. The molecule has 0 saturated carbocycles. The first-order chi connectivity index (χ1) is 8.50. The van der Waals surface area contributed by atoms with Crippen LogP contribution in [0.15, 0.2) is 23.7 Å². The third kappa shape index (κ3) is 4.11. The summed E-state index contributed by atoms with van der Waals surface area (Å²) in [6.45, 7) is 8.76. The summed E-state index contributed by atoms with van der Waals surface area (Å²) in [4.78, 5) is 9.13. The lowest BCUT2D eigenvalue weighted by molar-refractivity contribution is -0.00000426. The lowest BCUT2D eigenvalue weighted by Gasteiger charge is -2.14. The van der Waals surface area contributed by atoms with Crippen LogP contribution in [0.1, 0.15) is 45.5 Å². The fourth-order valence-electron chi connectivity index (χ4n) is 1.75. The SMILES string of the molecule is CCCc1cc(-c2nc(C(C)(C)C)cs2)ccn1.[Br-]. The quantitative estimate of drug-likeness (QED) is 0.846. The summed E-state index contributed by atoms with van der Waals surface area (Å²) in [5.41, 5.74) is 3.63. The standard InChI is InChI=1S/C15H20N2S.BrH/c1-5-6-12-9-11(7-8-16-12)14-17-13(10-18-14)15(2,3)4;/h7-10H,5-6H2,1-4H3;1H/p-1. The molecule has 0 spiro atoms. The molecule has 0 amide bonds. The molecule has 0 aromatic carbocycles. The van der Waals surface area contributed by atoms with Crippen molar-refractivity contribution < 1.29 is 17.0 Å². The zero-order valence-corrected chi connectivity index (χ0v) is 14.3. The van der Waals surface area contributed by atoms with Crippen LogP contribution in [0, 0.1) is 0 Å². The van der Waals surface area contributed by atoms with Crippen molar-refractivity contribution in [1.82, 2.24) is 9.97 Å². The van der Waals surface area contributed by atoms with Gasteiger partial charge in [0, 0.05) is 28.2 Å². The van der Waals surface area contributed by atoms with E-state index in [4.69, 9.17) is 4.98 Å². The first-order valence-electron chi connectivity index (χ1n) is 6.42. The van der Waals surface area contributed by atoms with Gasteiger partial charge in [0.1, 0.15) is 5.01 Å². The molecule has 0 N–H and O–H groups in total. The van der Waals surface area contributed by atoms with Crippen molar-refractivity contribution in [3.8, 4) is 10.6 Å². The van der Waals surface area contributed by atoms with Crippen molar-refractivity contribution >= 4 is 11.3 Å². The molecule has 0 aliphatic carbocycles. The molecule has 2 heterocycles. The minimum absolute atomic E-state index is 0. The Kier molecular flexibility index (Phi) is 5.68. The maximum Gasteiger partial charge on any atom is 0.123 e. The van der Waals surface area contributed by atoms with E-state index in [1.54, 1.807) is 11.3 Å². The molecule has 0 atom stereocenters. The fourth-order valence-corrected chi connectivity index (χ4v) is 2.80. The molecule has 0 unspecified atom stereocenters. The number of rotatable bonds is 3. The fraction of sp³-hybridized carbons (Fsp3) is 0.467. The van der Waals surface area contributed by atoms with Crippen molar-refractivity contribution in [2.75, 3.05) is 0 Å². The van der Waals surface area contributed by atoms with E-state index in [1.165, 1.54) is 5.56 Å². The van der Waals surface area contributed by atoms with Gasteiger partial charge in [-0.3, -0.25) is 4.98 Å². The van der Waals surface area contributed by atoms with E-state index in [1.807, 2.05) is 12.3 Å². The smallest absolute Gasteiger partial charge is 0.123 e. The largest absolute Gasteiger partial charge is 1.00 e. The zero-order valence-electron chi connectivity index (χ0n) is 11.9. The van der Waals surface area contributed by atoms with Crippen molar-refractivity contribution in [2.45, 2.75) is 46.0 Å². The number of aromatic nitrogens is 2. The second kappa shape index (κ2) is 6.62. The van der Waals surface area contributed by atoms with Crippen LogP contribution in [0.4, 0.5) is 0 Å². The molecular weight excluding hydrogens is 320 g/mol. The second-order valence-electron chi connectivity index (χ2n) is 5.57. The van der Waals surface area contributed by atoms with Crippen LogP contribution in [0.25, 0.3) is 10.6 Å². The molecule has 0 saturated heterocycles. The van der Waals surface area contributed by atoms with Crippen LogP contribution in [0.3, 0.4) is 0 Å². The third-order valence-electron chi connectivity index (χ3n) is 2.84. The summed E-state index contributed by atoms with van der Waals surface area (Å²) in [5.74, 6) is 0. The van der Waals surface area contributed by atoms with Crippen LogP contribution < -0.4 is 17.0 Å². The molecule has 4 heteroatoms. The van der Waals surface area contributed by atoms with E-state index in [-0.39, 0.29) is 22.4 Å². The molecule has 2 rings (SSSR count). The van der Waals surface area contributed by atoms with Crippen molar-refractivity contribution in [1.29, 1.82) is 0 Å². The molecule has 19 heavy (non-hydrogen) atoms. The number of hydrogen-bond donors (Lipinski definition) is 0. The summed E-state index contributed by atoms with van der Waals surface area (Å²) >= 11 is 1.72. The lowest BCUT2D eigenvalue weighted by Crippen LogP contribution is -3.00. The molecule has 2 nitrogen and oxygen atoms in total. The van der Waals surface area contributed by atoms with Crippen LogP contribution in [-0.2, 0) is 11.8 Å². The Hall–Kier alpha value is -0.740. The molecule has 2 aromatic rings. The Morgan fingerprint density at radius 3 is 2.58 bits per heavy atom. The number of aryl methyl sites for hydroxylation is 1. The molecule has 0 aliphatic heterocycles. The predicted molar refractivity (Wildman–Crippen MR) is 78.0 cm³/mol. The van der Waals surface area contributed by atoms with Gasteiger partial charge in [0.05, 0.1) is 5.69 Å². The van der Waals surface area contributed by atoms with Gasteiger partial charge in [0.25, 0.3) is 0 Å². The van der Waals surface area contributed by atoms with Gasteiger partial charge in [-0.1, -0.05) is 34.1 Å². The normalized spacial score (nSPS) is 11.2. The zero-order chi connectivity index (χ0) is 13.2. The van der Waals surface area contributed by atoms with E-state index >= 15 is 0 Å². The van der Waals surface area contributed by atoms with Gasteiger partial charge in [-0.25, -0.2) is 4.98 Å². The highest BCUT2D eigenvalue weighted by Gasteiger charge is 2.17. The van der Waals surface area contributed by atoms with Gasteiger partial charge in [-0.05, 0) is 18.6 Å². The van der Waals surface area contributed by atoms with Crippen LogP contribution in [0.5, 0.6) is 0 Å². The molecule has 0 radical (unpaired) electrons. The molecular formula is C15H20BrN2S-. The molecule has 0 bridgehead atoms. The number of hydrogen-bond acceptors (Lipinski definition) is 3. The number of thiazole rings is 1. The Morgan fingerprint density at radius 2 is 2.00 bits per heavy atom. The molecule has 2 aromatic heterocycles. The maximum absolute atomic E-state index is 4.74. The van der Waals surface area contributed by atoms with Gasteiger partial charge >= 0.3 is 0 Å². The average molecular weight is 340 g/mol. The summed E-state index contributed by atoms with van der Waals surface area (Å²) in [5, 5.41) is 3.26. The van der Waals surface area contributed by atoms with E-state index in [0.717, 1.165) is 29.2 Å². The van der Waals surface area contributed by atoms with Gasteiger partial charge in [-0.15, -0.1) is 11.3 Å². The van der Waals surface area contributed by atoms with E-state index in [9.17, 15) is 0 Å². The second-order valence-corrected chi connectivity index (χ2v) is 6.43. The summed E-state index contributed by atoms with van der Waals surface area (Å²) in [7, 11) is 0. The Morgan fingerprint density at radius 1 is 1.26 bits per heavy atom. The van der Waals surface area contributed by atoms with Crippen molar-refractivity contribution in [3.63, 3.8) is 0 Å². The Labute approximate surface area is 130 Å². The van der Waals surface area contributed by atoms with Crippen molar-refractivity contribution in [2.24, 2.45) is 0 Å². The molecule has 0 aliphatic rings. The monoisotopic (exact) mass is 339 g/mol. The molecule has 0 fully saturated rings. The first kappa shape index (κ1) is 16.3. The Bertz CT molecular complexity index is 529. The van der Waals surface area contributed by atoms with Crippen LogP contribution in [0.2, 0.25) is 0 Å². The third-order valence-corrected chi connectivity index (χ3v) is 3.73. The minimum Gasteiger partial charge on any atom is -1.00 e. The van der Waals surface area contributed by atoms with E-state index in [2.05, 4.69) is 44.1 Å². The van der Waals surface area contributed by atoms with E-state index < -0.39 is 0 Å². The minimum atomic E-state index is 0. The van der Waals surface area contributed by atoms with Gasteiger partial charge in [0.15, 0.2) is 0 Å². The lowest BCUT2D eigenvalue weighted by atomic mass is 9.93. The van der Waals surface area contributed by atoms with Gasteiger partial charge in [-0.2, -0.15) is 0 Å². The number of halogens is 1. The summed E-state index contributed by atoms with van der Waals surface area (Å²) in [6.07, 6.45) is 4.05. The predicted octanol–water partition coefficient (Wildman–Crippen LogP) is 1.46. The van der Waals surface area contributed by atoms with Crippen LogP contribution >= 0.6 is 11.3 Å². The number of pyridine rings is 1. The summed E-state index contributed by atoms with van der Waals surface area (Å²) < 4.78 is 0. The van der Waals surface area contributed by atoms with Crippen LogP contribution in [-0.4, -0.2) is 9.97 Å². The highest BCUT2D eigenvalue weighted by Crippen LogP contribution is 2.29. The van der Waals surface area contributed by atoms with Crippen molar-refractivity contribution in [3.05, 3.63) is 35.1 Å². The first-order valence-corrected chi connectivity index (χ1v) is 7.30. The topological polar surface area (TPSA) is 25.8 Å². The van der Waals surface area contributed by atoms with Gasteiger partial charge in [0.2, 0.25) is 0 Å².